The molecule has 0 radical (unpaired) electrons. The summed E-state index contributed by atoms with van der Waals surface area (Å²) in [5.41, 5.74) is 6.31. The summed E-state index contributed by atoms with van der Waals surface area (Å²) in [5.74, 6) is 0.587. The maximum atomic E-state index is 6.07. The largest absolute Gasteiger partial charge is 0.495 e. The smallest absolute Gasteiger partial charge is 0.138 e. The van der Waals surface area contributed by atoms with E-state index < -0.39 is 0 Å². The molecule has 3 N–H and O–H groups in total. The topological polar surface area (TPSA) is 47.3 Å². The molecule has 1 rings (SSSR count). The van der Waals surface area contributed by atoms with Gasteiger partial charge in [0.05, 0.1) is 12.1 Å². The first-order valence-corrected chi connectivity index (χ1v) is 5.38. The van der Waals surface area contributed by atoms with Gasteiger partial charge in [-0.3, -0.25) is 0 Å². The summed E-state index contributed by atoms with van der Waals surface area (Å²) in [4.78, 5) is 0. The van der Waals surface area contributed by atoms with Crippen molar-refractivity contribution in [2.45, 2.75) is 6.54 Å². The predicted molar refractivity (Wildman–Crippen MR) is 63.8 cm³/mol. The maximum Gasteiger partial charge on any atom is 0.138 e. The highest BCUT2D eigenvalue weighted by molar-refractivity contribution is 6.43. The van der Waals surface area contributed by atoms with Crippen LogP contribution in [0, 0.1) is 0 Å². The second-order valence-corrected chi connectivity index (χ2v) is 3.78. The summed E-state index contributed by atoms with van der Waals surface area (Å²) in [5, 5.41) is 4.13. The van der Waals surface area contributed by atoms with Gasteiger partial charge in [0.25, 0.3) is 0 Å². The van der Waals surface area contributed by atoms with Crippen molar-refractivity contribution in [1.29, 1.82) is 0 Å². The van der Waals surface area contributed by atoms with Crippen LogP contribution in [0.2, 0.25) is 10.0 Å². The number of benzene rings is 1. The molecule has 0 amide bonds. The minimum Gasteiger partial charge on any atom is -0.495 e. The first-order chi connectivity index (χ1) is 7.20. The maximum absolute atomic E-state index is 6.07. The lowest BCUT2D eigenvalue weighted by Crippen LogP contribution is -2.22. The van der Waals surface area contributed by atoms with Crippen molar-refractivity contribution >= 4 is 23.2 Å². The highest BCUT2D eigenvalue weighted by Gasteiger charge is 2.09. The Morgan fingerprint density at radius 3 is 2.67 bits per heavy atom. The Morgan fingerprint density at radius 1 is 1.33 bits per heavy atom. The molecule has 0 fully saturated rings. The Morgan fingerprint density at radius 2 is 2.07 bits per heavy atom. The zero-order valence-electron chi connectivity index (χ0n) is 8.52. The summed E-state index contributed by atoms with van der Waals surface area (Å²) in [6.07, 6.45) is 0. The normalized spacial score (nSPS) is 10.4. The third kappa shape index (κ3) is 3.24. The Kier molecular flexibility index (Phi) is 5.19. The fourth-order valence-electron chi connectivity index (χ4n) is 1.19. The SMILES string of the molecule is COc1ccc(CNCCN)c(Cl)c1Cl. The van der Waals surface area contributed by atoms with Crippen LogP contribution < -0.4 is 15.8 Å². The van der Waals surface area contributed by atoms with E-state index in [9.17, 15) is 0 Å². The van der Waals surface area contributed by atoms with E-state index >= 15 is 0 Å². The van der Waals surface area contributed by atoms with Gasteiger partial charge in [-0.05, 0) is 11.6 Å². The molecule has 0 unspecified atom stereocenters. The van der Waals surface area contributed by atoms with Gasteiger partial charge < -0.3 is 15.8 Å². The van der Waals surface area contributed by atoms with Crippen molar-refractivity contribution in [3.63, 3.8) is 0 Å². The first-order valence-electron chi connectivity index (χ1n) is 4.62. The van der Waals surface area contributed by atoms with E-state index in [0.717, 1.165) is 12.1 Å². The summed E-state index contributed by atoms with van der Waals surface area (Å²) in [7, 11) is 1.56. The van der Waals surface area contributed by atoms with Gasteiger partial charge in [0, 0.05) is 19.6 Å². The lowest BCUT2D eigenvalue weighted by atomic mass is 10.2. The quantitative estimate of drug-likeness (QED) is 0.785. The third-order valence-corrected chi connectivity index (χ3v) is 2.89. The Labute approximate surface area is 99.5 Å². The fraction of sp³-hybridized carbons (Fsp3) is 0.400. The molecule has 0 saturated carbocycles. The molecule has 0 aliphatic rings. The number of hydrogen-bond donors (Lipinski definition) is 2. The van der Waals surface area contributed by atoms with Crippen molar-refractivity contribution in [3.8, 4) is 5.75 Å². The van der Waals surface area contributed by atoms with Gasteiger partial charge in [-0.25, -0.2) is 0 Å². The van der Waals surface area contributed by atoms with E-state index in [4.69, 9.17) is 33.7 Å². The van der Waals surface area contributed by atoms with Crippen LogP contribution in [0.15, 0.2) is 12.1 Å². The number of methoxy groups -OCH3 is 1. The predicted octanol–water partition coefficient (Wildman–Crippen LogP) is 2.05. The van der Waals surface area contributed by atoms with E-state index in [1.807, 2.05) is 6.07 Å². The molecule has 0 aliphatic heterocycles. The van der Waals surface area contributed by atoms with Crippen LogP contribution in [0.3, 0.4) is 0 Å². The van der Waals surface area contributed by atoms with Gasteiger partial charge in [0.1, 0.15) is 10.8 Å². The summed E-state index contributed by atoms with van der Waals surface area (Å²) in [6.45, 7) is 2.00. The van der Waals surface area contributed by atoms with E-state index in [0.29, 0.717) is 28.9 Å². The molecule has 0 spiro atoms. The number of hydrogen-bond acceptors (Lipinski definition) is 3. The zero-order valence-corrected chi connectivity index (χ0v) is 10.0. The Hall–Kier alpha value is -0.480. The fourth-order valence-corrected chi connectivity index (χ4v) is 1.68. The molecule has 1 aromatic carbocycles. The van der Waals surface area contributed by atoms with Gasteiger partial charge in [-0.15, -0.1) is 0 Å². The van der Waals surface area contributed by atoms with Crippen LogP contribution >= 0.6 is 23.2 Å². The molecule has 3 nitrogen and oxygen atoms in total. The molecule has 0 heterocycles. The highest BCUT2D eigenvalue weighted by Crippen LogP contribution is 2.34. The second kappa shape index (κ2) is 6.18. The van der Waals surface area contributed by atoms with E-state index in [2.05, 4.69) is 5.32 Å². The minimum atomic E-state index is 0.450. The molecular formula is C10H14Cl2N2O. The summed E-state index contributed by atoms with van der Waals surface area (Å²) in [6, 6.07) is 3.68. The zero-order chi connectivity index (χ0) is 11.3. The molecule has 0 aliphatic carbocycles. The van der Waals surface area contributed by atoms with Gasteiger partial charge >= 0.3 is 0 Å². The van der Waals surface area contributed by atoms with Crippen LogP contribution in [0.25, 0.3) is 0 Å². The molecule has 1 aromatic rings. The Balaban J connectivity index is 2.77. The summed E-state index contributed by atoms with van der Waals surface area (Å²) >= 11 is 12.1. The lowest BCUT2D eigenvalue weighted by Gasteiger charge is -2.10. The van der Waals surface area contributed by atoms with E-state index in [1.165, 1.54) is 0 Å². The molecule has 0 atom stereocenters. The molecule has 0 aromatic heterocycles. The van der Waals surface area contributed by atoms with Crippen molar-refractivity contribution in [2.75, 3.05) is 20.2 Å². The minimum absolute atomic E-state index is 0.450. The summed E-state index contributed by atoms with van der Waals surface area (Å²) < 4.78 is 5.05. The van der Waals surface area contributed by atoms with E-state index in [-0.39, 0.29) is 0 Å². The van der Waals surface area contributed by atoms with Gasteiger partial charge in [-0.2, -0.15) is 0 Å². The molecule has 0 saturated heterocycles. The van der Waals surface area contributed by atoms with Crippen LogP contribution in [-0.4, -0.2) is 20.2 Å². The Bertz CT molecular complexity index is 331. The highest BCUT2D eigenvalue weighted by atomic mass is 35.5. The van der Waals surface area contributed by atoms with Crippen LogP contribution in [0.4, 0.5) is 0 Å². The van der Waals surface area contributed by atoms with Gasteiger partial charge in [0.15, 0.2) is 0 Å². The third-order valence-electron chi connectivity index (χ3n) is 1.98. The van der Waals surface area contributed by atoms with Crippen LogP contribution in [-0.2, 0) is 6.54 Å². The number of nitrogens with two attached hydrogens (primary N) is 1. The monoisotopic (exact) mass is 248 g/mol. The average molecular weight is 249 g/mol. The van der Waals surface area contributed by atoms with Crippen molar-refractivity contribution in [3.05, 3.63) is 27.7 Å². The first kappa shape index (κ1) is 12.6. The van der Waals surface area contributed by atoms with Crippen molar-refractivity contribution < 1.29 is 4.74 Å². The number of halogens is 2. The van der Waals surface area contributed by atoms with Crippen LogP contribution in [0.5, 0.6) is 5.75 Å². The lowest BCUT2D eigenvalue weighted by molar-refractivity contribution is 0.415. The molecule has 5 heteroatoms. The molecule has 0 bridgehead atoms. The standard InChI is InChI=1S/C10H14Cl2N2O/c1-15-8-3-2-7(6-14-5-4-13)9(11)10(8)12/h2-3,14H,4-6,13H2,1H3. The molecule has 84 valence electrons. The van der Waals surface area contributed by atoms with Crippen LogP contribution in [0.1, 0.15) is 5.56 Å². The molecule has 15 heavy (non-hydrogen) atoms. The average Bonchev–Trinajstić information content (AvgIpc) is 2.25. The van der Waals surface area contributed by atoms with Crippen molar-refractivity contribution in [1.82, 2.24) is 5.32 Å². The van der Waals surface area contributed by atoms with Gasteiger partial charge in [-0.1, -0.05) is 29.3 Å². The number of rotatable bonds is 5. The number of nitrogens with one attached hydrogen (secondary N) is 1. The second-order valence-electron chi connectivity index (χ2n) is 3.02. The van der Waals surface area contributed by atoms with Gasteiger partial charge in [0.2, 0.25) is 0 Å². The van der Waals surface area contributed by atoms with Crippen molar-refractivity contribution in [2.24, 2.45) is 5.73 Å². The molecular weight excluding hydrogens is 235 g/mol. The number of ether oxygens (including phenoxy) is 1. The van der Waals surface area contributed by atoms with E-state index in [1.54, 1.807) is 13.2 Å².